The summed E-state index contributed by atoms with van der Waals surface area (Å²) < 4.78 is 0. The Labute approximate surface area is 301 Å². The summed E-state index contributed by atoms with van der Waals surface area (Å²) in [5.74, 6) is 5.87. The molecule has 1 fully saturated rings. The molecule has 1 saturated heterocycles. The lowest BCUT2D eigenvalue weighted by molar-refractivity contribution is -0.129. The van der Waals surface area contributed by atoms with Crippen molar-refractivity contribution in [2.45, 2.75) is 77.9 Å². The molecule has 0 saturated carbocycles. The molecule has 3 aromatic rings. The van der Waals surface area contributed by atoms with E-state index in [0.29, 0.717) is 43.8 Å². The number of H-pyrrole nitrogens is 1. The van der Waals surface area contributed by atoms with Gasteiger partial charge in [-0.25, -0.2) is 0 Å². The van der Waals surface area contributed by atoms with Gasteiger partial charge in [-0.2, -0.15) is 0 Å². The molecule has 0 aliphatic carbocycles. The number of carbonyl (C=O) groups is 4. The molecule has 2 aliphatic rings. The summed E-state index contributed by atoms with van der Waals surface area (Å²) in [6.45, 7) is 8.12. The van der Waals surface area contributed by atoms with Gasteiger partial charge in [0.1, 0.15) is 6.04 Å². The fourth-order valence-electron chi connectivity index (χ4n) is 6.49. The van der Waals surface area contributed by atoms with E-state index in [1.165, 1.54) is 24.1 Å². The summed E-state index contributed by atoms with van der Waals surface area (Å²) >= 11 is 0. The molecule has 2 aliphatic heterocycles. The van der Waals surface area contributed by atoms with Gasteiger partial charge < -0.3 is 26.3 Å². The summed E-state index contributed by atoms with van der Waals surface area (Å²) in [5.41, 5.74) is 15.9. The third-order valence-electron chi connectivity index (χ3n) is 9.11. The summed E-state index contributed by atoms with van der Waals surface area (Å²) in [5, 5.41) is 4.32. The highest BCUT2D eigenvalue weighted by Crippen LogP contribution is 2.29. The van der Waals surface area contributed by atoms with Crippen LogP contribution in [-0.2, 0) is 27.3 Å². The Kier molecular flexibility index (Phi) is 16.0. The SMILES string of the molecule is CC.CCCC(C(=O)NC=O)N1Cc2c(C#CCCN(C)c3ccc(C/C=c4/[nH]c(C5CCCN5C)c/c4=C/N)cc3)cccc2C1=O.NC=O. The number of aromatic amines is 1. The maximum Gasteiger partial charge on any atom is 0.255 e. The highest BCUT2D eigenvalue weighted by molar-refractivity contribution is 6.02. The van der Waals surface area contributed by atoms with Crippen LogP contribution in [0.5, 0.6) is 0 Å². The van der Waals surface area contributed by atoms with Crippen molar-refractivity contribution in [1.82, 2.24) is 20.1 Å². The first-order valence-electron chi connectivity index (χ1n) is 17.7. The fourth-order valence-corrected chi connectivity index (χ4v) is 6.49. The molecule has 0 spiro atoms. The molecule has 4 amide bonds. The van der Waals surface area contributed by atoms with Crippen LogP contribution in [0.1, 0.15) is 91.7 Å². The van der Waals surface area contributed by atoms with Gasteiger partial charge in [0.15, 0.2) is 0 Å². The van der Waals surface area contributed by atoms with E-state index in [2.05, 4.69) is 88.2 Å². The molecule has 2 aromatic carbocycles. The van der Waals surface area contributed by atoms with Crippen LogP contribution >= 0.6 is 0 Å². The Hall–Kier alpha value is -5.34. The number of benzene rings is 2. The number of anilines is 1. The second kappa shape index (κ2) is 20.4. The quantitative estimate of drug-likeness (QED) is 0.178. The monoisotopic (exact) mass is 695 g/mol. The van der Waals surface area contributed by atoms with Gasteiger partial charge in [0.05, 0.1) is 0 Å². The number of imide groups is 1. The van der Waals surface area contributed by atoms with Crippen molar-refractivity contribution in [2.24, 2.45) is 11.5 Å². The average Bonchev–Trinajstić information content (AvgIpc) is 3.86. The Morgan fingerprint density at radius 2 is 1.88 bits per heavy atom. The standard InChI is InChI=1S/C37H44N6O3.C2H6.CH3NO/c1-4-9-35(36(45)39-25-44)43-24-31-27(11-7-12-30(31)37(43)46)10-5-6-20-41(2)29-17-14-26(15-18-29)16-19-32-28(23-38)22-33(40-32)34-13-8-21-42(34)3;1-2;2-1-3/h7,11-12,14-15,17-19,22-23,25,34-35,40H,4,6,8-9,13,16,20-21,24,38H2,1-3H3,(H,39,44,45);1-2H3;1H,(H2,2,3)/b28-23-,32-19+;;. The first-order chi connectivity index (χ1) is 24.8. The highest BCUT2D eigenvalue weighted by Gasteiger charge is 2.36. The van der Waals surface area contributed by atoms with Crippen LogP contribution < -0.4 is 32.3 Å². The third-order valence-corrected chi connectivity index (χ3v) is 9.11. The Morgan fingerprint density at radius 3 is 2.51 bits per heavy atom. The van der Waals surface area contributed by atoms with E-state index in [4.69, 9.17) is 10.5 Å². The minimum atomic E-state index is -0.694. The van der Waals surface area contributed by atoms with Gasteiger partial charge in [0.25, 0.3) is 5.91 Å². The molecule has 11 nitrogen and oxygen atoms in total. The summed E-state index contributed by atoms with van der Waals surface area (Å²) in [6, 6.07) is 16.0. The molecule has 2 atom stereocenters. The van der Waals surface area contributed by atoms with Crippen molar-refractivity contribution in [3.05, 3.63) is 87.0 Å². The minimum absolute atomic E-state index is 0.202. The van der Waals surface area contributed by atoms with Gasteiger partial charge >= 0.3 is 0 Å². The van der Waals surface area contributed by atoms with Crippen molar-refractivity contribution in [3.63, 3.8) is 0 Å². The van der Waals surface area contributed by atoms with Gasteiger partial charge in [-0.3, -0.25) is 29.4 Å². The van der Waals surface area contributed by atoms with Crippen LogP contribution in [0.2, 0.25) is 0 Å². The largest absolute Gasteiger partial charge is 0.404 e. The number of hydrogen-bond donors (Lipinski definition) is 4. The van der Waals surface area contributed by atoms with Crippen molar-refractivity contribution in [2.75, 3.05) is 32.1 Å². The zero-order valence-electron chi connectivity index (χ0n) is 30.6. The number of fused-ring (bicyclic) bond motifs is 1. The number of primary amides is 1. The molecule has 5 rings (SSSR count). The maximum absolute atomic E-state index is 13.2. The van der Waals surface area contributed by atoms with Crippen molar-refractivity contribution in [3.8, 4) is 11.8 Å². The van der Waals surface area contributed by atoms with Gasteiger partial charge in [-0.15, -0.1) is 0 Å². The van der Waals surface area contributed by atoms with Gasteiger partial charge in [0.2, 0.25) is 18.7 Å². The van der Waals surface area contributed by atoms with E-state index in [9.17, 15) is 14.4 Å². The number of likely N-dealkylation sites (tertiary alicyclic amines) is 1. The van der Waals surface area contributed by atoms with E-state index >= 15 is 0 Å². The van der Waals surface area contributed by atoms with Crippen LogP contribution in [0, 0.1) is 11.8 Å². The molecule has 1 aromatic heterocycles. The lowest BCUT2D eigenvalue weighted by Crippen LogP contribution is -2.46. The first-order valence-corrected chi connectivity index (χ1v) is 17.7. The van der Waals surface area contributed by atoms with Crippen LogP contribution in [0.3, 0.4) is 0 Å². The minimum Gasteiger partial charge on any atom is -0.404 e. The average molecular weight is 696 g/mol. The number of hydrogen-bond acceptors (Lipinski definition) is 7. The van der Waals surface area contributed by atoms with Crippen LogP contribution in [0.4, 0.5) is 5.69 Å². The molecule has 11 heteroatoms. The molecule has 6 N–H and O–H groups in total. The number of nitrogens with zero attached hydrogens (tertiary/aromatic N) is 3. The van der Waals surface area contributed by atoms with Crippen molar-refractivity contribution < 1.29 is 19.2 Å². The second-order valence-corrected chi connectivity index (χ2v) is 12.3. The Morgan fingerprint density at radius 1 is 1.16 bits per heavy atom. The predicted octanol–water partition coefficient (Wildman–Crippen LogP) is 2.90. The number of nitrogens with two attached hydrogens (primary N) is 2. The van der Waals surface area contributed by atoms with Crippen molar-refractivity contribution >= 4 is 42.6 Å². The molecule has 2 unspecified atom stereocenters. The van der Waals surface area contributed by atoms with E-state index in [1.807, 2.05) is 32.9 Å². The topological polar surface area (TPSA) is 158 Å². The molecule has 0 bridgehead atoms. The third kappa shape index (κ3) is 10.3. The van der Waals surface area contributed by atoms with E-state index < -0.39 is 11.9 Å². The molecule has 3 heterocycles. The summed E-state index contributed by atoms with van der Waals surface area (Å²) in [4.78, 5) is 54.8. The normalized spacial score (nSPS) is 16.1. The first kappa shape index (κ1) is 40.1. The zero-order chi connectivity index (χ0) is 37.3. The number of amides is 4. The fraction of sp³-hybridized carbons (Fsp3) is 0.400. The predicted molar refractivity (Wildman–Crippen MR) is 203 cm³/mol. The summed E-state index contributed by atoms with van der Waals surface area (Å²) in [6.07, 6.45) is 9.54. The van der Waals surface area contributed by atoms with Crippen LogP contribution in [-0.4, -0.2) is 72.6 Å². The van der Waals surface area contributed by atoms with Crippen LogP contribution in [0.25, 0.3) is 12.3 Å². The van der Waals surface area contributed by atoms with Gasteiger partial charge in [-0.1, -0.05) is 63.3 Å². The molecule has 0 radical (unpaired) electrons. The molecular weight excluding hydrogens is 642 g/mol. The maximum atomic E-state index is 13.2. The van der Waals surface area contributed by atoms with E-state index in [-0.39, 0.29) is 12.3 Å². The molecule has 51 heavy (non-hydrogen) atoms. The van der Waals surface area contributed by atoms with Gasteiger partial charge in [-0.05, 0) is 80.7 Å². The number of nitrogens with one attached hydrogen (secondary N) is 2. The molecule has 272 valence electrons. The Bertz CT molecular complexity index is 1810. The lowest BCUT2D eigenvalue weighted by Gasteiger charge is -2.25. The van der Waals surface area contributed by atoms with E-state index in [1.54, 1.807) is 17.2 Å². The second-order valence-electron chi connectivity index (χ2n) is 12.3. The highest BCUT2D eigenvalue weighted by atomic mass is 16.2. The van der Waals surface area contributed by atoms with Crippen molar-refractivity contribution in [1.29, 1.82) is 0 Å². The van der Waals surface area contributed by atoms with E-state index in [0.717, 1.165) is 46.9 Å². The zero-order valence-corrected chi connectivity index (χ0v) is 30.6. The van der Waals surface area contributed by atoms with Gasteiger partial charge in [0, 0.05) is 71.9 Å². The summed E-state index contributed by atoms with van der Waals surface area (Å²) in [7, 11) is 4.23. The number of rotatable bonds is 11. The smallest absolute Gasteiger partial charge is 0.255 e. The lowest BCUT2D eigenvalue weighted by atomic mass is 10.0. The Balaban J connectivity index is 0.00000133. The van der Waals surface area contributed by atoms with Crippen LogP contribution in [0.15, 0.2) is 48.5 Å². The number of aromatic nitrogens is 1. The number of carbonyl (C=O) groups excluding carboxylic acids is 4. The molecular formula is C40H53N7O4.